The Morgan fingerprint density at radius 1 is 0.759 bits per heavy atom. The van der Waals surface area contributed by atoms with Crippen molar-refractivity contribution in [3.8, 4) is 0 Å². The number of ether oxygens (including phenoxy) is 4. The molecule has 0 aromatic rings. The molecule has 3 atom stereocenters. The summed E-state index contributed by atoms with van der Waals surface area (Å²) >= 11 is 0. The summed E-state index contributed by atoms with van der Waals surface area (Å²) in [5.41, 5.74) is -0.194. The molecule has 0 aromatic heterocycles. The number of rotatable bonds is 13. The molecule has 6 heteroatoms. The Morgan fingerprint density at radius 2 is 1.17 bits per heavy atom. The van der Waals surface area contributed by atoms with Crippen LogP contribution in [0.1, 0.15) is 75.2 Å². The third-order valence-corrected chi connectivity index (χ3v) is 4.10. The molecule has 0 spiro atoms. The van der Waals surface area contributed by atoms with E-state index in [1.54, 1.807) is 20.8 Å². The Hall–Kier alpha value is -1.66. The molecule has 0 amide bonds. The minimum absolute atomic E-state index is 0.0858. The number of hydrogen-bond donors (Lipinski definition) is 0. The van der Waals surface area contributed by atoms with E-state index in [9.17, 15) is 9.59 Å². The summed E-state index contributed by atoms with van der Waals surface area (Å²) in [7, 11) is 0. The van der Waals surface area contributed by atoms with Crippen molar-refractivity contribution in [1.82, 2.24) is 0 Å². The molecule has 168 valence electrons. The van der Waals surface area contributed by atoms with Crippen LogP contribution in [-0.4, -0.2) is 48.1 Å². The summed E-state index contributed by atoms with van der Waals surface area (Å²) in [5, 5.41) is 0. The van der Waals surface area contributed by atoms with Crippen LogP contribution in [0.2, 0.25) is 0 Å². The Kier molecular flexibility index (Phi) is 10.8. The summed E-state index contributed by atoms with van der Waals surface area (Å²) in [6, 6.07) is 0. The minimum atomic E-state index is -0.478. The molecule has 6 nitrogen and oxygen atoms in total. The van der Waals surface area contributed by atoms with Gasteiger partial charge in [-0.05, 0) is 62.3 Å². The standard InChI is InChI=1S/C23H40O6/c1-15(2)20(24)27-17(5)12-23(10,11)29-18(6)13-22(8,9)26-14-19(7)28-21(25)16(3)4/h17-19H,1,3,12-14H2,2,4-11H3. The van der Waals surface area contributed by atoms with Gasteiger partial charge in [-0.15, -0.1) is 0 Å². The van der Waals surface area contributed by atoms with Crippen molar-refractivity contribution in [3.63, 3.8) is 0 Å². The number of carbonyl (C=O) groups is 2. The molecule has 0 aromatic carbocycles. The molecule has 0 fully saturated rings. The van der Waals surface area contributed by atoms with Crippen LogP contribution in [0.15, 0.2) is 24.3 Å². The van der Waals surface area contributed by atoms with Crippen molar-refractivity contribution in [2.75, 3.05) is 6.61 Å². The van der Waals surface area contributed by atoms with E-state index in [-0.39, 0.29) is 24.9 Å². The van der Waals surface area contributed by atoms with Crippen molar-refractivity contribution in [3.05, 3.63) is 24.3 Å². The largest absolute Gasteiger partial charge is 0.459 e. The molecule has 0 heterocycles. The predicted octanol–water partition coefficient (Wildman–Crippen LogP) is 4.76. The first-order chi connectivity index (χ1) is 13.0. The SMILES string of the molecule is C=C(C)C(=O)OC(C)COC(C)(C)CC(C)OC(C)(C)CC(C)OC(=O)C(=C)C. The molecule has 0 bridgehead atoms. The maximum absolute atomic E-state index is 11.7. The van der Waals surface area contributed by atoms with E-state index >= 15 is 0 Å². The zero-order valence-corrected chi connectivity index (χ0v) is 19.7. The first-order valence-corrected chi connectivity index (χ1v) is 10.1. The van der Waals surface area contributed by atoms with Crippen LogP contribution >= 0.6 is 0 Å². The first kappa shape index (κ1) is 27.3. The van der Waals surface area contributed by atoms with E-state index in [0.29, 0.717) is 24.0 Å². The van der Waals surface area contributed by atoms with Gasteiger partial charge >= 0.3 is 11.9 Å². The second-order valence-electron chi connectivity index (χ2n) is 9.16. The highest BCUT2D eigenvalue weighted by Crippen LogP contribution is 2.26. The second kappa shape index (κ2) is 11.5. The monoisotopic (exact) mass is 412 g/mol. The van der Waals surface area contributed by atoms with Gasteiger partial charge in [0.15, 0.2) is 0 Å². The molecule has 0 saturated carbocycles. The van der Waals surface area contributed by atoms with E-state index in [0.717, 1.165) is 0 Å². The second-order valence-corrected chi connectivity index (χ2v) is 9.16. The molecule has 0 N–H and O–H groups in total. The molecule has 3 unspecified atom stereocenters. The smallest absolute Gasteiger partial charge is 0.333 e. The highest BCUT2D eigenvalue weighted by molar-refractivity contribution is 5.87. The van der Waals surface area contributed by atoms with Crippen LogP contribution in [0.4, 0.5) is 0 Å². The van der Waals surface area contributed by atoms with Crippen molar-refractivity contribution in [2.24, 2.45) is 0 Å². The number of hydrogen-bond acceptors (Lipinski definition) is 6. The molecule has 0 aliphatic carbocycles. The highest BCUT2D eigenvalue weighted by atomic mass is 16.6. The molecule has 0 rings (SSSR count). The lowest BCUT2D eigenvalue weighted by Gasteiger charge is -2.35. The summed E-state index contributed by atoms with van der Waals surface area (Å²) in [6.45, 7) is 24.2. The van der Waals surface area contributed by atoms with Crippen molar-refractivity contribution < 1.29 is 28.5 Å². The Bertz CT molecular complexity index is 590. The normalized spacial score (nSPS) is 15.2. The van der Waals surface area contributed by atoms with Crippen LogP contribution in [0.25, 0.3) is 0 Å². The molecule has 0 radical (unpaired) electrons. The van der Waals surface area contributed by atoms with E-state index in [2.05, 4.69) is 13.2 Å². The summed E-state index contributed by atoms with van der Waals surface area (Å²) < 4.78 is 22.7. The lowest BCUT2D eigenvalue weighted by molar-refractivity contribution is -0.157. The summed E-state index contributed by atoms with van der Waals surface area (Å²) in [5.74, 6) is -0.809. The zero-order valence-electron chi connectivity index (χ0n) is 19.7. The van der Waals surface area contributed by atoms with Gasteiger partial charge in [-0.1, -0.05) is 13.2 Å². The van der Waals surface area contributed by atoms with E-state index in [4.69, 9.17) is 18.9 Å². The molecule has 0 aliphatic heterocycles. The lowest BCUT2D eigenvalue weighted by Crippen LogP contribution is -2.38. The Labute approximate surface area is 176 Å². The van der Waals surface area contributed by atoms with Crippen LogP contribution < -0.4 is 0 Å². The zero-order chi connectivity index (χ0) is 23.0. The molecule has 0 saturated heterocycles. The predicted molar refractivity (Wildman–Crippen MR) is 115 cm³/mol. The van der Waals surface area contributed by atoms with Gasteiger partial charge in [0.2, 0.25) is 0 Å². The molecular formula is C23H40O6. The van der Waals surface area contributed by atoms with Gasteiger partial charge in [0, 0.05) is 24.0 Å². The number of carbonyl (C=O) groups excluding carboxylic acids is 2. The van der Waals surface area contributed by atoms with Gasteiger partial charge in [0.05, 0.1) is 23.9 Å². The highest BCUT2D eigenvalue weighted by Gasteiger charge is 2.30. The van der Waals surface area contributed by atoms with E-state index in [1.165, 1.54) is 0 Å². The molecular weight excluding hydrogens is 372 g/mol. The van der Waals surface area contributed by atoms with Gasteiger partial charge in [0.1, 0.15) is 12.2 Å². The van der Waals surface area contributed by atoms with Gasteiger partial charge in [0.25, 0.3) is 0 Å². The minimum Gasteiger partial charge on any atom is -0.459 e. The number of esters is 2. The van der Waals surface area contributed by atoms with E-state index in [1.807, 2.05) is 41.5 Å². The Morgan fingerprint density at radius 3 is 1.62 bits per heavy atom. The maximum atomic E-state index is 11.7. The first-order valence-electron chi connectivity index (χ1n) is 10.1. The molecule has 0 aliphatic rings. The van der Waals surface area contributed by atoms with E-state index < -0.39 is 23.1 Å². The summed E-state index contributed by atoms with van der Waals surface area (Å²) in [6.07, 6.45) is 0.477. The fourth-order valence-corrected chi connectivity index (χ4v) is 3.06. The van der Waals surface area contributed by atoms with Gasteiger partial charge < -0.3 is 18.9 Å². The maximum Gasteiger partial charge on any atom is 0.333 e. The Balaban J connectivity index is 4.54. The topological polar surface area (TPSA) is 71.1 Å². The van der Waals surface area contributed by atoms with Gasteiger partial charge in [-0.25, -0.2) is 9.59 Å². The molecule has 29 heavy (non-hydrogen) atoms. The van der Waals surface area contributed by atoms with Crippen molar-refractivity contribution >= 4 is 11.9 Å². The fraction of sp³-hybridized carbons (Fsp3) is 0.739. The van der Waals surface area contributed by atoms with Crippen LogP contribution in [-0.2, 0) is 28.5 Å². The van der Waals surface area contributed by atoms with Crippen molar-refractivity contribution in [1.29, 1.82) is 0 Å². The third-order valence-electron chi connectivity index (χ3n) is 4.10. The van der Waals surface area contributed by atoms with Gasteiger partial charge in [-0.3, -0.25) is 0 Å². The summed E-state index contributed by atoms with van der Waals surface area (Å²) in [4.78, 5) is 23.2. The van der Waals surface area contributed by atoms with Crippen LogP contribution in [0, 0.1) is 0 Å². The van der Waals surface area contributed by atoms with Crippen LogP contribution in [0.3, 0.4) is 0 Å². The average Bonchev–Trinajstić information content (AvgIpc) is 2.50. The van der Waals surface area contributed by atoms with Crippen molar-refractivity contribution in [2.45, 2.75) is 105 Å². The average molecular weight is 413 g/mol. The van der Waals surface area contributed by atoms with Crippen LogP contribution in [0.5, 0.6) is 0 Å². The quantitative estimate of drug-likeness (QED) is 0.321. The fourth-order valence-electron chi connectivity index (χ4n) is 3.06. The van der Waals surface area contributed by atoms with Gasteiger partial charge in [-0.2, -0.15) is 0 Å². The lowest BCUT2D eigenvalue weighted by atomic mass is 9.98. The third kappa shape index (κ3) is 12.5.